The average molecular weight is 227 g/mol. The van der Waals surface area contributed by atoms with Crippen molar-refractivity contribution in [1.82, 2.24) is 0 Å². The lowest BCUT2D eigenvalue weighted by Gasteiger charge is -2.25. The molecule has 1 rings (SSSR count). The van der Waals surface area contributed by atoms with E-state index >= 15 is 0 Å². The van der Waals surface area contributed by atoms with Gasteiger partial charge < -0.3 is 15.2 Å². The van der Waals surface area contributed by atoms with Crippen molar-refractivity contribution in [3.8, 4) is 0 Å². The second kappa shape index (κ2) is 5.67. The highest BCUT2D eigenvalue weighted by Gasteiger charge is 2.40. The van der Waals surface area contributed by atoms with Gasteiger partial charge in [0.1, 0.15) is 0 Å². The number of hydrogen-bond donors (Lipinski definition) is 1. The van der Waals surface area contributed by atoms with Gasteiger partial charge in [-0.05, 0) is 19.3 Å². The van der Waals surface area contributed by atoms with Crippen molar-refractivity contribution in [1.29, 1.82) is 0 Å². The van der Waals surface area contributed by atoms with Crippen molar-refractivity contribution in [3.63, 3.8) is 0 Å². The molecule has 1 fully saturated rings. The molecule has 90 valence electrons. The molecule has 0 aromatic carbocycles. The lowest BCUT2D eigenvalue weighted by atomic mass is 10.1. The van der Waals surface area contributed by atoms with Crippen LogP contribution in [0.15, 0.2) is 0 Å². The lowest BCUT2D eigenvalue weighted by Crippen LogP contribution is -2.40. The Morgan fingerprint density at radius 3 is 2.60 bits per heavy atom. The van der Waals surface area contributed by atoms with E-state index in [9.17, 15) is 13.2 Å². The fourth-order valence-corrected chi connectivity index (χ4v) is 1.46. The summed E-state index contributed by atoms with van der Waals surface area (Å²) in [6, 6.07) is 0. The SMILES string of the molecule is NCC(OCC1CCCCO1)C(F)(F)F. The molecule has 1 heterocycles. The van der Waals surface area contributed by atoms with Gasteiger partial charge in [0.05, 0.1) is 12.7 Å². The maximum Gasteiger partial charge on any atom is 0.415 e. The van der Waals surface area contributed by atoms with Crippen LogP contribution in [-0.2, 0) is 9.47 Å². The molecule has 0 bridgehead atoms. The molecule has 6 heteroatoms. The summed E-state index contributed by atoms with van der Waals surface area (Å²) in [4.78, 5) is 0. The van der Waals surface area contributed by atoms with Crippen LogP contribution in [0.25, 0.3) is 0 Å². The number of hydrogen-bond acceptors (Lipinski definition) is 3. The molecule has 3 nitrogen and oxygen atoms in total. The minimum absolute atomic E-state index is 0.0264. The zero-order valence-electron chi connectivity index (χ0n) is 8.43. The predicted molar refractivity (Wildman–Crippen MR) is 48.4 cm³/mol. The summed E-state index contributed by atoms with van der Waals surface area (Å²) in [6.45, 7) is 0.0327. The van der Waals surface area contributed by atoms with Crippen molar-refractivity contribution in [3.05, 3.63) is 0 Å². The topological polar surface area (TPSA) is 44.5 Å². The van der Waals surface area contributed by atoms with Crippen LogP contribution in [0.5, 0.6) is 0 Å². The quantitative estimate of drug-likeness (QED) is 0.790. The highest BCUT2D eigenvalue weighted by Crippen LogP contribution is 2.23. The second-order valence-electron chi connectivity index (χ2n) is 3.59. The summed E-state index contributed by atoms with van der Waals surface area (Å²) in [5.41, 5.74) is 4.99. The molecule has 0 spiro atoms. The molecule has 0 aromatic heterocycles. The van der Waals surface area contributed by atoms with Gasteiger partial charge in [0.25, 0.3) is 0 Å². The van der Waals surface area contributed by atoms with Gasteiger partial charge in [0, 0.05) is 13.2 Å². The molecule has 0 saturated carbocycles. The number of ether oxygens (including phenoxy) is 2. The molecule has 1 aliphatic rings. The van der Waals surface area contributed by atoms with Gasteiger partial charge in [-0.2, -0.15) is 13.2 Å². The van der Waals surface area contributed by atoms with E-state index in [0.717, 1.165) is 19.3 Å². The Hall–Kier alpha value is -0.330. The van der Waals surface area contributed by atoms with E-state index in [2.05, 4.69) is 0 Å². The number of alkyl halides is 3. The van der Waals surface area contributed by atoms with E-state index in [4.69, 9.17) is 15.2 Å². The van der Waals surface area contributed by atoms with Crippen LogP contribution in [0.2, 0.25) is 0 Å². The summed E-state index contributed by atoms with van der Waals surface area (Å²) in [5.74, 6) is 0. The first kappa shape index (κ1) is 12.7. The molecular weight excluding hydrogens is 211 g/mol. The summed E-state index contributed by atoms with van der Waals surface area (Å²) in [5, 5.41) is 0. The van der Waals surface area contributed by atoms with E-state index in [1.807, 2.05) is 0 Å². The lowest BCUT2D eigenvalue weighted by molar-refractivity contribution is -0.224. The van der Waals surface area contributed by atoms with Crippen LogP contribution >= 0.6 is 0 Å². The Balaban J connectivity index is 2.27. The number of halogens is 3. The fourth-order valence-electron chi connectivity index (χ4n) is 1.46. The van der Waals surface area contributed by atoms with Gasteiger partial charge in [-0.3, -0.25) is 0 Å². The highest BCUT2D eigenvalue weighted by molar-refractivity contribution is 4.70. The molecule has 1 saturated heterocycles. The van der Waals surface area contributed by atoms with E-state index in [-0.39, 0.29) is 12.7 Å². The Morgan fingerprint density at radius 2 is 2.13 bits per heavy atom. The largest absolute Gasteiger partial charge is 0.415 e. The average Bonchev–Trinajstić information content (AvgIpc) is 2.18. The third-order valence-corrected chi connectivity index (χ3v) is 2.34. The normalized spacial score (nSPS) is 25.2. The van der Waals surface area contributed by atoms with Gasteiger partial charge in [-0.25, -0.2) is 0 Å². The first-order chi connectivity index (χ1) is 7.04. The fraction of sp³-hybridized carbons (Fsp3) is 1.00. The maximum absolute atomic E-state index is 12.2. The highest BCUT2D eigenvalue weighted by atomic mass is 19.4. The van der Waals surface area contributed by atoms with Crippen molar-refractivity contribution in [2.24, 2.45) is 5.73 Å². The Kier molecular flexibility index (Phi) is 4.82. The summed E-state index contributed by atoms with van der Waals surface area (Å²) < 4.78 is 46.7. The van der Waals surface area contributed by atoms with Gasteiger partial charge >= 0.3 is 6.18 Å². The van der Waals surface area contributed by atoms with Crippen LogP contribution in [0, 0.1) is 0 Å². The summed E-state index contributed by atoms with van der Waals surface area (Å²) >= 11 is 0. The maximum atomic E-state index is 12.2. The van der Waals surface area contributed by atoms with Crippen molar-refractivity contribution in [2.75, 3.05) is 19.8 Å². The van der Waals surface area contributed by atoms with Gasteiger partial charge in [-0.1, -0.05) is 0 Å². The van der Waals surface area contributed by atoms with Crippen molar-refractivity contribution >= 4 is 0 Å². The third-order valence-electron chi connectivity index (χ3n) is 2.34. The number of nitrogens with two attached hydrogens (primary N) is 1. The van der Waals surface area contributed by atoms with E-state index in [1.165, 1.54) is 0 Å². The van der Waals surface area contributed by atoms with Gasteiger partial charge in [0.15, 0.2) is 6.10 Å². The molecule has 0 radical (unpaired) electrons. The molecular formula is C9H16F3NO2. The number of rotatable bonds is 4. The first-order valence-corrected chi connectivity index (χ1v) is 5.04. The van der Waals surface area contributed by atoms with Crippen LogP contribution in [-0.4, -0.2) is 38.1 Å². The molecule has 0 amide bonds. The standard InChI is InChI=1S/C9H16F3NO2/c10-9(11,12)8(5-13)15-6-7-3-1-2-4-14-7/h7-8H,1-6,13H2. The van der Waals surface area contributed by atoms with Crippen molar-refractivity contribution < 1.29 is 22.6 Å². The Labute approximate surface area is 86.7 Å². The predicted octanol–water partition coefficient (Wildman–Crippen LogP) is 1.46. The smallest absolute Gasteiger partial charge is 0.376 e. The summed E-state index contributed by atoms with van der Waals surface area (Å²) in [6.07, 6.45) is -3.76. The summed E-state index contributed by atoms with van der Waals surface area (Å²) in [7, 11) is 0. The van der Waals surface area contributed by atoms with E-state index in [1.54, 1.807) is 0 Å². The third kappa shape index (κ3) is 4.36. The Morgan fingerprint density at radius 1 is 1.40 bits per heavy atom. The molecule has 15 heavy (non-hydrogen) atoms. The zero-order valence-corrected chi connectivity index (χ0v) is 8.43. The van der Waals surface area contributed by atoms with Gasteiger partial charge in [-0.15, -0.1) is 0 Å². The zero-order chi connectivity index (χ0) is 11.3. The van der Waals surface area contributed by atoms with Crippen LogP contribution in [0.1, 0.15) is 19.3 Å². The molecule has 2 unspecified atom stereocenters. The van der Waals surface area contributed by atoms with Crippen LogP contribution in [0.3, 0.4) is 0 Å². The minimum Gasteiger partial charge on any atom is -0.376 e. The first-order valence-electron chi connectivity index (χ1n) is 5.04. The van der Waals surface area contributed by atoms with E-state index < -0.39 is 18.8 Å². The van der Waals surface area contributed by atoms with Crippen molar-refractivity contribution in [2.45, 2.75) is 37.6 Å². The molecule has 0 aromatic rings. The molecule has 1 aliphatic heterocycles. The molecule has 0 aliphatic carbocycles. The van der Waals surface area contributed by atoms with Gasteiger partial charge in [0.2, 0.25) is 0 Å². The molecule has 2 N–H and O–H groups in total. The minimum atomic E-state index is -4.39. The van der Waals surface area contributed by atoms with Crippen LogP contribution < -0.4 is 5.73 Å². The monoisotopic (exact) mass is 227 g/mol. The van der Waals surface area contributed by atoms with E-state index in [0.29, 0.717) is 6.61 Å². The van der Waals surface area contributed by atoms with Crippen LogP contribution in [0.4, 0.5) is 13.2 Å². The second-order valence-corrected chi connectivity index (χ2v) is 3.59. The molecule has 2 atom stereocenters. The Bertz CT molecular complexity index is 181.